The van der Waals surface area contributed by atoms with Crippen LogP contribution >= 0.6 is 11.3 Å². The monoisotopic (exact) mass is 633 g/mol. The fourth-order valence-electron chi connectivity index (χ4n) is 5.34. The molecule has 0 unspecified atom stereocenters. The molecule has 0 bridgehead atoms. The van der Waals surface area contributed by atoms with Gasteiger partial charge in [-0.2, -0.15) is 4.99 Å². The molecule has 2 heterocycles. The molecule has 2 atom stereocenters. The predicted octanol–water partition coefficient (Wildman–Crippen LogP) is 3.57. The number of amidine groups is 1. The lowest BCUT2D eigenvalue weighted by Crippen LogP contribution is -2.55. The fraction of sp³-hybridized carbons (Fsp3) is 0.364. The number of benzene rings is 2. The van der Waals surface area contributed by atoms with Crippen molar-refractivity contribution in [2.24, 2.45) is 10.7 Å². The third-order valence-corrected chi connectivity index (χ3v) is 8.47. The number of thiophene rings is 1. The summed E-state index contributed by atoms with van der Waals surface area (Å²) in [5.74, 6) is -1.39. The van der Waals surface area contributed by atoms with Crippen molar-refractivity contribution in [2.45, 2.75) is 51.2 Å². The van der Waals surface area contributed by atoms with Crippen LogP contribution in [0.15, 0.2) is 77.8 Å². The van der Waals surface area contributed by atoms with Gasteiger partial charge in [0.1, 0.15) is 11.9 Å². The van der Waals surface area contributed by atoms with Crippen molar-refractivity contribution >= 4 is 41.0 Å². The Balaban J connectivity index is 1.52. The van der Waals surface area contributed by atoms with Crippen LogP contribution in [0.4, 0.5) is 4.79 Å². The molecule has 1 saturated heterocycles. The Hall–Kier alpha value is -4.55. The maximum atomic E-state index is 14.4. The number of nitrogens with one attached hydrogen (secondary N) is 2. The van der Waals surface area contributed by atoms with Crippen LogP contribution in [0.2, 0.25) is 0 Å². The number of ether oxygens (including phenoxy) is 2. The van der Waals surface area contributed by atoms with E-state index in [-0.39, 0.29) is 44.0 Å². The van der Waals surface area contributed by atoms with Gasteiger partial charge in [-0.1, -0.05) is 60.7 Å². The molecule has 0 saturated carbocycles. The summed E-state index contributed by atoms with van der Waals surface area (Å²) in [7, 11) is 0. The molecular formula is C33H39N5O6S. The first-order valence-electron chi connectivity index (χ1n) is 15.0. The fourth-order valence-corrected chi connectivity index (χ4v) is 6.19. The molecular weight excluding hydrogens is 594 g/mol. The van der Waals surface area contributed by atoms with Gasteiger partial charge < -0.3 is 25.4 Å². The number of rotatable bonds is 13. The van der Waals surface area contributed by atoms with E-state index in [0.717, 1.165) is 16.0 Å². The van der Waals surface area contributed by atoms with Crippen molar-refractivity contribution in [1.82, 2.24) is 15.5 Å². The van der Waals surface area contributed by atoms with Crippen molar-refractivity contribution in [1.29, 1.82) is 0 Å². The number of carbonyl (C=O) groups is 4. The Bertz CT molecular complexity index is 1440. The van der Waals surface area contributed by atoms with E-state index in [1.54, 1.807) is 30.9 Å². The van der Waals surface area contributed by atoms with E-state index >= 15 is 0 Å². The molecule has 238 valence electrons. The van der Waals surface area contributed by atoms with E-state index in [2.05, 4.69) is 15.6 Å². The molecule has 11 nitrogen and oxygen atoms in total. The van der Waals surface area contributed by atoms with Crippen molar-refractivity contribution in [3.63, 3.8) is 0 Å². The van der Waals surface area contributed by atoms with Crippen LogP contribution in [0.5, 0.6) is 0 Å². The molecule has 4 N–H and O–H groups in total. The van der Waals surface area contributed by atoms with E-state index in [4.69, 9.17) is 15.2 Å². The van der Waals surface area contributed by atoms with Gasteiger partial charge in [0.15, 0.2) is 0 Å². The Labute approximate surface area is 266 Å². The molecule has 0 spiro atoms. The van der Waals surface area contributed by atoms with E-state index < -0.39 is 30.1 Å². The van der Waals surface area contributed by atoms with Crippen LogP contribution in [0, 0.1) is 0 Å². The Morgan fingerprint density at radius 3 is 2.22 bits per heavy atom. The third kappa shape index (κ3) is 8.99. The molecule has 0 aliphatic carbocycles. The highest BCUT2D eigenvalue weighted by Gasteiger charge is 2.40. The quantitative estimate of drug-likeness (QED) is 0.147. The topological polar surface area (TPSA) is 152 Å². The highest BCUT2D eigenvalue weighted by Crippen LogP contribution is 2.31. The number of hydrogen-bond donors (Lipinski definition) is 3. The summed E-state index contributed by atoms with van der Waals surface area (Å²) in [5, 5.41) is 6.13. The Morgan fingerprint density at radius 2 is 1.60 bits per heavy atom. The standard InChI is InChI=1S/C33H39N5O6S/c1-3-43-27(39)21-35-29(28(22-12-7-5-8-13-22)23-14-9-6-10-15-23)32(41)38-19-11-16-25(38)31(40)36-20-24-17-18-26(45-24)30(34)37-33(42)44-4-2/h5-10,12-15,17-18,25,28-29,35H,3-4,11,16,19-21H2,1-2H3,(H,36,40)(H2,34,37,42)/t25-,29+/m0/s1. The lowest BCUT2D eigenvalue weighted by atomic mass is 9.84. The van der Waals surface area contributed by atoms with Crippen molar-refractivity contribution < 1.29 is 28.7 Å². The predicted molar refractivity (Wildman–Crippen MR) is 172 cm³/mol. The van der Waals surface area contributed by atoms with Gasteiger partial charge in [-0.3, -0.25) is 19.7 Å². The third-order valence-electron chi connectivity index (χ3n) is 7.36. The molecule has 2 aromatic carbocycles. The molecule has 1 aliphatic rings. The summed E-state index contributed by atoms with van der Waals surface area (Å²) in [6.45, 7) is 4.30. The van der Waals surface area contributed by atoms with Crippen molar-refractivity contribution in [3.8, 4) is 0 Å². The number of likely N-dealkylation sites (tertiary alicyclic amines) is 1. The minimum atomic E-state index is -0.839. The molecule has 45 heavy (non-hydrogen) atoms. The molecule has 3 aromatic rings. The molecule has 1 aromatic heterocycles. The van der Waals surface area contributed by atoms with E-state index in [1.807, 2.05) is 60.7 Å². The number of hydrogen-bond acceptors (Lipinski definition) is 8. The van der Waals surface area contributed by atoms with Gasteiger partial charge in [0.05, 0.1) is 37.2 Å². The van der Waals surface area contributed by atoms with Gasteiger partial charge in [0.2, 0.25) is 11.8 Å². The number of nitrogens with zero attached hydrogens (tertiary/aromatic N) is 2. The van der Waals surface area contributed by atoms with Crippen LogP contribution in [0.3, 0.4) is 0 Å². The molecule has 0 radical (unpaired) electrons. The first-order chi connectivity index (χ1) is 21.8. The van der Waals surface area contributed by atoms with E-state index in [1.165, 1.54) is 11.3 Å². The second-order valence-corrected chi connectivity index (χ2v) is 11.5. The van der Waals surface area contributed by atoms with Crippen molar-refractivity contribution in [3.05, 3.63) is 93.7 Å². The average molecular weight is 634 g/mol. The van der Waals surface area contributed by atoms with Gasteiger partial charge in [0, 0.05) is 17.3 Å². The summed E-state index contributed by atoms with van der Waals surface area (Å²) >= 11 is 1.30. The second-order valence-electron chi connectivity index (χ2n) is 10.3. The summed E-state index contributed by atoms with van der Waals surface area (Å²) < 4.78 is 9.95. The van der Waals surface area contributed by atoms with Gasteiger partial charge in [-0.15, -0.1) is 11.3 Å². The smallest absolute Gasteiger partial charge is 0.435 e. The average Bonchev–Trinajstić information content (AvgIpc) is 3.73. The largest absolute Gasteiger partial charge is 0.465 e. The maximum absolute atomic E-state index is 14.4. The summed E-state index contributed by atoms with van der Waals surface area (Å²) in [4.78, 5) is 58.6. The highest BCUT2D eigenvalue weighted by atomic mass is 32.1. The van der Waals surface area contributed by atoms with Crippen molar-refractivity contribution in [2.75, 3.05) is 26.3 Å². The summed E-state index contributed by atoms with van der Waals surface area (Å²) in [5.41, 5.74) is 7.74. The van der Waals surface area contributed by atoms with Crippen LogP contribution in [0.1, 0.15) is 53.5 Å². The van der Waals surface area contributed by atoms with Crippen LogP contribution in [-0.2, 0) is 30.4 Å². The minimum Gasteiger partial charge on any atom is -0.465 e. The molecule has 4 rings (SSSR count). The van der Waals surface area contributed by atoms with E-state index in [9.17, 15) is 19.2 Å². The SMILES string of the molecule is CCOC(=O)CN[C@@H](C(=O)N1CCC[C@H]1C(=O)NCc1ccc(/C(N)=N/C(=O)OCC)s1)C(c1ccccc1)c1ccccc1. The maximum Gasteiger partial charge on any atom is 0.435 e. The minimum absolute atomic E-state index is 0.0383. The zero-order chi connectivity index (χ0) is 32.2. The Morgan fingerprint density at radius 1 is 0.956 bits per heavy atom. The lowest BCUT2D eigenvalue weighted by molar-refractivity contribution is -0.143. The zero-order valence-electron chi connectivity index (χ0n) is 25.4. The number of nitrogens with two attached hydrogens (primary N) is 1. The number of esters is 1. The summed E-state index contributed by atoms with van der Waals surface area (Å²) in [6.07, 6.45) is 0.416. The first kappa shape index (κ1) is 33.3. The van der Waals surface area contributed by atoms with Gasteiger partial charge in [-0.25, -0.2) is 4.79 Å². The van der Waals surface area contributed by atoms with Gasteiger partial charge >= 0.3 is 12.1 Å². The molecule has 1 aliphatic heterocycles. The number of aliphatic imine (C=N–C) groups is 1. The normalized spacial score (nSPS) is 15.5. The van der Waals surface area contributed by atoms with Crippen LogP contribution in [0.25, 0.3) is 0 Å². The second kappa shape index (κ2) is 16.5. The van der Waals surface area contributed by atoms with Crippen LogP contribution < -0.4 is 16.4 Å². The highest BCUT2D eigenvalue weighted by molar-refractivity contribution is 7.14. The van der Waals surface area contributed by atoms with Crippen LogP contribution in [-0.4, -0.2) is 73.0 Å². The van der Waals surface area contributed by atoms with Gasteiger partial charge in [0.25, 0.3) is 0 Å². The van der Waals surface area contributed by atoms with Gasteiger partial charge in [-0.05, 0) is 49.9 Å². The Kier molecular flexibility index (Phi) is 12.2. The molecule has 1 fully saturated rings. The first-order valence-corrected chi connectivity index (χ1v) is 15.8. The molecule has 3 amide bonds. The number of amides is 3. The van der Waals surface area contributed by atoms with E-state index in [0.29, 0.717) is 24.3 Å². The molecule has 12 heteroatoms. The number of carbonyl (C=O) groups excluding carboxylic acids is 4. The lowest BCUT2D eigenvalue weighted by Gasteiger charge is -2.33. The zero-order valence-corrected chi connectivity index (χ0v) is 26.3. The summed E-state index contributed by atoms with van der Waals surface area (Å²) in [6, 6.07) is 21.3.